The maximum Gasteiger partial charge on any atom is 0.123 e. The zero-order chi connectivity index (χ0) is 11.3. The molecule has 3 heteroatoms. The van der Waals surface area contributed by atoms with Gasteiger partial charge in [0.05, 0.1) is 6.61 Å². The van der Waals surface area contributed by atoms with E-state index < -0.39 is 5.67 Å². The molecule has 0 atom stereocenters. The first-order valence-electron chi connectivity index (χ1n) is 5.12. The predicted molar refractivity (Wildman–Crippen MR) is 59.6 cm³/mol. The second kappa shape index (κ2) is 5.12. The number of alkyl halides is 1. The Morgan fingerprint density at radius 2 is 2.00 bits per heavy atom. The Balaban J connectivity index is 2.50. The normalized spacial score (nSPS) is 11.5. The summed E-state index contributed by atoms with van der Waals surface area (Å²) < 4.78 is 18.7. The molecule has 0 saturated heterocycles. The summed E-state index contributed by atoms with van der Waals surface area (Å²) in [6.07, 6.45) is 0.381. The highest BCUT2D eigenvalue weighted by atomic mass is 19.1. The molecule has 1 aromatic rings. The predicted octanol–water partition coefficient (Wildman–Crippen LogP) is 2.66. The van der Waals surface area contributed by atoms with Crippen LogP contribution in [-0.4, -0.2) is 12.3 Å². The molecule has 0 radical (unpaired) electrons. The van der Waals surface area contributed by atoms with Gasteiger partial charge in [-0.2, -0.15) is 0 Å². The summed E-state index contributed by atoms with van der Waals surface area (Å²) in [6.45, 7) is 3.91. The smallest absolute Gasteiger partial charge is 0.123 e. The monoisotopic (exact) mass is 211 g/mol. The second-order valence-electron chi connectivity index (χ2n) is 4.13. The highest BCUT2D eigenvalue weighted by Crippen LogP contribution is 2.19. The van der Waals surface area contributed by atoms with Crippen LogP contribution in [0.2, 0.25) is 0 Å². The average molecular weight is 211 g/mol. The van der Waals surface area contributed by atoms with Crippen LogP contribution >= 0.6 is 0 Å². The van der Waals surface area contributed by atoms with E-state index in [2.05, 4.69) is 0 Å². The van der Waals surface area contributed by atoms with E-state index in [1.54, 1.807) is 13.8 Å². The molecule has 0 aliphatic rings. The highest BCUT2D eigenvalue weighted by molar-refractivity contribution is 5.32. The molecule has 0 heterocycles. The van der Waals surface area contributed by atoms with Gasteiger partial charge in [0.1, 0.15) is 11.4 Å². The van der Waals surface area contributed by atoms with Crippen LogP contribution in [0.25, 0.3) is 0 Å². The zero-order valence-corrected chi connectivity index (χ0v) is 9.29. The molecule has 0 saturated carbocycles. The Kier molecular flexibility index (Phi) is 4.09. The number of nitrogens with two attached hydrogens (primary N) is 1. The molecule has 1 aromatic carbocycles. The Morgan fingerprint density at radius 1 is 1.33 bits per heavy atom. The van der Waals surface area contributed by atoms with Gasteiger partial charge in [-0.05, 0) is 19.9 Å². The van der Waals surface area contributed by atoms with Gasteiger partial charge >= 0.3 is 0 Å². The van der Waals surface area contributed by atoms with Crippen LogP contribution in [0.5, 0.6) is 5.75 Å². The SMILES string of the molecule is CC(C)(F)CCOc1ccccc1CN. The highest BCUT2D eigenvalue weighted by Gasteiger charge is 2.15. The third kappa shape index (κ3) is 4.30. The van der Waals surface area contributed by atoms with Crippen LogP contribution in [0.15, 0.2) is 24.3 Å². The third-order valence-corrected chi connectivity index (χ3v) is 2.15. The van der Waals surface area contributed by atoms with E-state index in [0.717, 1.165) is 11.3 Å². The van der Waals surface area contributed by atoms with Crippen molar-refractivity contribution >= 4 is 0 Å². The number of benzene rings is 1. The summed E-state index contributed by atoms with van der Waals surface area (Å²) in [5.74, 6) is 0.754. The van der Waals surface area contributed by atoms with E-state index in [0.29, 0.717) is 19.6 Å². The summed E-state index contributed by atoms with van der Waals surface area (Å²) in [6, 6.07) is 7.56. The van der Waals surface area contributed by atoms with Gasteiger partial charge < -0.3 is 10.5 Å². The Morgan fingerprint density at radius 3 is 2.60 bits per heavy atom. The molecule has 0 spiro atoms. The maximum absolute atomic E-state index is 13.2. The largest absolute Gasteiger partial charge is 0.493 e. The fourth-order valence-electron chi connectivity index (χ4n) is 1.22. The van der Waals surface area contributed by atoms with Gasteiger partial charge in [-0.3, -0.25) is 0 Å². The second-order valence-corrected chi connectivity index (χ2v) is 4.13. The minimum atomic E-state index is -1.18. The lowest BCUT2D eigenvalue weighted by molar-refractivity contribution is 0.160. The number of para-hydroxylation sites is 1. The van der Waals surface area contributed by atoms with Gasteiger partial charge in [-0.1, -0.05) is 18.2 Å². The molecule has 15 heavy (non-hydrogen) atoms. The van der Waals surface area contributed by atoms with E-state index in [9.17, 15) is 4.39 Å². The quantitative estimate of drug-likeness (QED) is 0.812. The van der Waals surface area contributed by atoms with Crippen molar-refractivity contribution in [2.45, 2.75) is 32.5 Å². The van der Waals surface area contributed by atoms with Crippen molar-refractivity contribution in [3.8, 4) is 5.75 Å². The molecule has 0 bridgehead atoms. The lowest BCUT2D eigenvalue weighted by Crippen LogP contribution is -2.16. The molecular formula is C12H18FNO. The van der Waals surface area contributed by atoms with Crippen molar-refractivity contribution in [1.82, 2.24) is 0 Å². The molecule has 84 valence electrons. The van der Waals surface area contributed by atoms with Gasteiger partial charge in [-0.15, -0.1) is 0 Å². The first-order valence-corrected chi connectivity index (χ1v) is 5.12. The van der Waals surface area contributed by atoms with E-state index in [4.69, 9.17) is 10.5 Å². The third-order valence-electron chi connectivity index (χ3n) is 2.15. The average Bonchev–Trinajstić information content (AvgIpc) is 2.16. The lowest BCUT2D eigenvalue weighted by Gasteiger charge is -2.15. The number of ether oxygens (including phenoxy) is 1. The summed E-state index contributed by atoms with van der Waals surface area (Å²) in [5.41, 5.74) is 5.32. The number of hydrogen-bond donors (Lipinski definition) is 1. The van der Waals surface area contributed by atoms with E-state index in [1.807, 2.05) is 24.3 Å². The molecule has 0 aliphatic carbocycles. The van der Waals surface area contributed by atoms with Crippen molar-refractivity contribution in [2.24, 2.45) is 5.73 Å². The van der Waals surface area contributed by atoms with Crippen LogP contribution in [-0.2, 0) is 6.54 Å². The van der Waals surface area contributed by atoms with E-state index >= 15 is 0 Å². The van der Waals surface area contributed by atoms with Gasteiger partial charge in [0.2, 0.25) is 0 Å². The number of halogens is 1. The van der Waals surface area contributed by atoms with Crippen LogP contribution in [0, 0.1) is 0 Å². The number of rotatable bonds is 5. The van der Waals surface area contributed by atoms with Crippen molar-refractivity contribution in [3.05, 3.63) is 29.8 Å². The molecule has 1 rings (SSSR count). The fourth-order valence-corrected chi connectivity index (χ4v) is 1.22. The van der Waals surface area contributed by atoms with Crippen LogP contribution in [0.1, 0.15) is 25.8 Å². The van der Waals surface area contributed by atoms with Gasteiger partial charge in [0, 0.05) is 18.5 Å². The molecule has 0 amide bonds. The van der Waals surface area contributed by atoms with Crippen molar-refractivity contribution in [1.29, 1.82) is 0 Å². The molecule has 0 unspecified atom stereocenters. The molecule has 0 fully saturated rings. The summed E-state index contributed by atoms with van der Waals surface area (Å²) in [5, 5.41) is 0. The molecule has 2 N–H and O–H groups in total. The topological polar surface area (TPSA) is 35.2 Å². The first kappa shape index (κ1) is 12.0. The number of hydrogen-bond acceptors (Lipinski definition) is 2. The van der Waals surface area contributed by atoms with Gasteiger partial charge in [0.25, 0.3) is 0 Å². The van der Waals surface area contributed by atoms with Crippen LogP contribution in [0.3, 0.4) is 0 Å². The minimum absolute atomic E-state index is 0.376. The van der Waals surface area contributed by atoms with E-state index in [-0.39, 0.29) is 0 Å². The summed E-state index contributed by atoms with van der Waals surface area (Å²) in [4.78, 5) is 0. The molecule has 0 aromatic heterocycles. The Bertz CT molecular complexity index is 307. The molecule has 2 nitrogen and oxygen atoms in total. The Hall–Kier alpha value is -1.09. The summed E-state index contributed by atoms with van der Waals surface area (Å²) >= 11 is 0. The first-order chi connectivity index (χ1) is 7.03. The van der Waals surface area contributed by atoms with Crippen LogP contribution in [0.4, 0.5) is 4.39 Å². The molecule has 0 aliphatic heterocycles. The minimum Gasteiger partial charge on any atom is -0.493 e. The summed E-state index contributed by atoms with van der Waals surface area (Å²) in [7, 11) is 0. The maximum atomic E-state index is 13.2. The van der Waals surface area contributed by atoms with E-state index in [1.165, 1.54) is 0 Å². The lowest BCUT2D eigenvalue weighted by atomic mass is 10.1. The van der Waals surface area contributed by atoms with Crippen LogP contribution < -0.4 is 10.5 Å². The standard InChI is InChI=1S/C12H18FNO/c1-12(2,13)7-8-15-11-6-4-3-5-10(11)9-14/h3-6H,7-9,14H2,1-2H3. The zero-order valence-electron chi connectivity index (χ0n) is 9.29. The molecular weight excluding hydrogens is 193 g/mol. The van der Waals surface area contributed by atoms with Crippen molar-refractivity contribution in [2.75, 3.05) is 6.61 Å². The van der Waals surface area contributed by atoms with Crippen molar-refractivity contribution in [3.63, 3.8) is 0 Å². The van der Waals surface area contributed by atoms with Gasteiger partial charge in [-0.25, -0.2) is 4.39 Å². The van der Waals surface area contributed by atoms with Crippen molar-refractivity contribution < 1.29 is 9.13 Å². The Labute approximate surface area is 90.2 Å². The fraction of sp³-hybridized carbons (Fsp3) is 0.500. The van der Waals surface area contributed by atoms with Gasteiger partial charge in [0.15, 0.2) is 0 Å².